The summed E-state index contributed by atoms with van der Waals surface area (Å²) in [4.78, 5) is 16.9. The fourth-order valence-corrected chi connectivity index (χ4v) is 4.40. The Bertz CT molecular complexity index is 1210. The van der Waals surface area contributed by atoms with Crippen LogP contribution in [0.3, 0.4) is 0 Å². The van der Waals surface area contributed by atoms with Gasteiger partial charge >= 0.3 is 0 Å². The summed E-state index contributed by atoms with van der Waals surface area (Å²) in [5.41, 5.74) is 2.36. The van der Waals surface area contributed by atoms with E-state index in [0.29, 0.717) is 30.0 Å². The first-order valence-corrected chi connectivity index (χ1v) is 11.3. The lowest BCUT2D eigenvalue weighted by Crippen LogP contribution is -2.30. The molecule has 0 saturated carbocycles. The Labute approximate surface area is 183 Å². The van der Waals surface area contributed by atoms with Crippen LogP contribution in [-0.4, -0.2) is 36.7 Å². The van der Waals surface area contributed by atoms with Crippen LogP contribution in [0.15, 0.2) is 77.8 Å². The maximum atomic E-state index is 12.6. The van der Waals surface area contributed by atoms with Gasteiger partial charge in [0.2, 0.25) is 10.0 Å². The molecule has 158 valence electrons. The molecule has 1 aromatic heterocycles. The summed E-state index contributed by atoms with van der Waals surface area (Å²) < 4.78 is 26.5. The maximum Gasteiger partial charge on any atom is 0.255 e. The van der Waals surface area contributed by atoms with E-state index >= 15 is 0 Å². The summed E-state index contributed by atoms with van der Waals surface area (Å²) in [5.74, 6) is 5.67. The quantitative estimate of drug-likeness (QED) is 0.600. The lowest BCUT2D eigenvalue weighted by atomic mass is 10.1. The predicted molar refractivity (Wildman–Crippen MR) is 121 cm³/mol. The molecule has 3 rings (SSSR count). The molecule has 1 heterocycles. The van der Waals surface area contributed by atoms with Gasteiger partial charge in [0.05, 0.1) is 4.90 Å². The lowest BCUT2D eigenvalue weighted by Gasteiger charge is -2.18. The molecule has 7 heteroatoms. The van der Waals surface area contributed by atoms with Gasteiger partial charge in [-0.1, -0.05) is 31.9 Å². The van der Waals surface area contributed by atoms with E-state index in [1.54, 1.807) is 38.2 Å². The van der Waals surface area contributed by atoms with Gasteiger partial charge < -0.3 is 5.32 Å². The van der Waals surface area contributed by atoms with Gasteiger partial charge in [0.15, 0.2) is 0 Å². The van der Waals surface area contributed by atoms with E-state index in [1.165, 1.54) is 28.6 Å². The largest absolute Gasteiger partial charge is 0.322 e. The first-order chi connectivity index (χ1) is 14.9. The molecule has 1 amide bonds. The van der Waals surface area contributed by atoms with E-state index in [4.69, 9.17) is 0 Å². The third-order valence-corrected chi connectivity index (χ3v) is 6.64. The summed E-state index contributed by atoms with van der Waals surface area (Å²) in [5, 5.41) is 2.82. The Balaban J connectivity index is 1.73. The number of pyridine rings is 1. The van der Waals surface area contributed by atoms with Crippen LogP contribution in [0.5, 0.6) is 0 Å². The molecule has 31 heavy (non-hydrogen) atoms. The van der Waals surface area contributed by atoms with E-state index in [1.807, 2.05) is 24.3 Å². The zero-order valence-electron chi connectivity index (χ0n) is 17.4. The van der Waals surface area contributed by atoms with E-state index in [0.717, 1.165) is 5.56 Å². The molecule has 0 spiro atoms. The van der Waals surface area contributed by atoms with Crippen LogP contribution in [0.4, 0.5) is 5.69 Å². The summed E-state index contributed by atoms with van der Waals surface area (Å²) in [7, 11) is -3.56. The molecule has 0 unspecified atom stereocenters. The van der Waals surface area contributed by atoms with Crippen LogP contribution in [-0.2, 0) is 10.0 Å². The molecule has 3 aromatic rings. The third kappa shape index (κ3) is 5.57. The standard InChI is InChI=1S/C24H23N3O3S/c1-3-27(4-2)31(29,30)23-15-12-20(13-16-23)24(28)26-22-10-7-8-19(18-22)11-14-21-9-5-6-17-25-21/h5-10,12-13,15-18H,3-4H2,1-2H3,(H,26,28). The van der Waals surface area contributed by atoms with Crippen molar-refractivity contribution >= 4 is 21.6 Å². The molecule has 0 saturated heterocycles. The Morgan fingerprint density at radius 2 is 1.71 bits per heavy atom. The minimum absolute atomic E-state index is 0.166. The van der Waals surface area contributed by atoms with Crippen molar-refractivity contribution in [2.45, 2.75) is 18.7 Å². The summed E-state index contributed by atoms with van der Waals surface area (Å²) in [6.07, 6.45) is 1.68. The fraction of sp³-hybridized carbons (Fsp3) is 0.167. The number of anilines is 1. The zero-order valence-corrected chi connectivity index (χ0v) is 18.2. The Kier molecular flexibility index (Phi) is 7.19. The average Bonchev–Trinajstić information content (AvgIpc) is 2.79. The van der Waals surface area contributed by atoms with Crippen molar-refractivity contribution in [3.8, 4) is 11.8 Å². The Morgan fingerprint density at radius 1 is 0.968 bits per heavy atom. The second-order valence-corrected chi connectivity index (χ2v) is 8.55. The van der Waals surface area contributed by atoms with Gasteiger partial charge in [0.25, 0.3) is 5.91 Å². The maximum absolute atomic E-state index is 12.6. The van der Waals surface area contributed by atoms with Crippen LogP contribution < -0.4 is 5.32 Å². The molecule has 0 aliphatic rings. The second kappa shape index (κ2) is 10.0. The molecule has 2 aromatic carbocycles. The molecule has 0 radical (unpaired) electrons. The van der Waals surface area contributed by atoms with Crippen molar-refractivity contribution in [3.63, 3.8) is 0 Å². The van der Waals surface area contributed by atoms with Gasteiger partial charge in [-0.3, -0.25) is 4.79 Å². The number of amides is 1. The van der Waals surface area contributed by atoms with Crippen LogP contribution in [0.25, 0.3) is 0 Å². The number of carbonyl (C=O) groups excluding carboxylic acids is 1. The second-order valence-electron chi connectivity index (χ2n) is 6.61. The number of nitrogens with one attached hydrogen (secondary N) is 1. The molecular formula is C24H23N3O3S. The Hall–Kier alpha value is -3.47. The summed E-state index contributed by atoms with van der Waals surface area (Å²) >= 11 is 0. The number of hydrogen-bond acceptors (Lipinski definition) is 4. The molecule has 0 aliphatic carbocycles. The third-order valence-electron chi connectivity index (χ3n) is 4.58. The number of benzene rings is 2. The number of aromatic nitrogens is 1. The SMILES string of the molecule is CCN(CC)S(=O)(=O)c1ccc(C(=O)Nc2cccc(C#Cc3ccccn3)c2)cc1. The highest BCUT2D eigenvalue weighted by Crippen LogP contribution is 2.17. The zero-order chi connectivity index (χ0) is 22.3. The smallest absolute Gasteiger partial charge is 0.255 e. The number of carbonyl (C=O) groups is 1. The van der Waals surface area contributed by atoms with Crippen LogP contribution in [0.2, 0.25) is 0 Å². The van der Waals surface area contributed by atoms with Crippen molar-refractivity contribution in [1.82, 2.24) is 9.29 Å². The van der Waals surface area contributed by atoms with Gasteiger partial charge in [0, 0.05) is 36.1 Å². The minimum Gasteiger partial charge on any atom is -0.322 e. The summed E-state index contributed by atoms with van der Waals surface area (Å²) in [6.45, 7) is 4.36. The van der Waals surface area contributed by atoms with Crippen molar-refractivity contribution in [2.75, 3.05) is 18.4 Å². The number of hydrogen-bond donors (Lipinski definition) is 1. The van der Waals surface area contributed by atoms with Gasteiger partial charge in [-0.05, 0) is 60.5 Å². The highest BCUT2D eigenvalue weighted by molar-refractivity contribution is 7.89. The molecule has 0 fully saturated rings. The minimum atomic E-state index is -3.56. The predicted octanol–water partition coefficient (Wildman–Crippen LogP) is 3.76. The first-order valence-electron chi connectivity index (χ1n) is 9.88. The lowest BCUT2D eigenvalue weighted by molar-refractivity contribution is 0.102. The molecule has 0 aliphatic heterocycles. The van der Waals surface area contributed by atoms with Crippen molar-refractivity contribution in [3.05, 3.63) is 89.7 Å². The number of rotatable bonds is 6. The van der Waals surface area contributed by atoms with E-state index in [2.05, 4.69) is 22.1 Å². The molecule has 1 N–H and O–H groups in total. The van der Waals surface area contributed by atoms with Gasteiger partial charge in [-0.15, -0.1) is 0 Å². The fourth-order valence-electron chi connectivity index (χ4n) is 2.94. The monoisotopic (exact) mass is 433 g/mol. The van der Waals surface area contributed by atoms with Gasteiger partial charge in [-0.2, -0.15) is 4.31 Å². The van der Waals surface area contributed by atoms with Crippen molar-refractivity contribution < 1.29 is 13.2 Å². The molecular weight excluding hydrogens is 410 g/mol. The molecule has 0 bridgehead atoms. The topological polar surface area (TPSA) is 79.4 Å². The van der Waals surface area contributed by atoms with E-state index in [9.17, 15) is 13.2 Å². The van der Waals surface area contributed by atoms with Crippen LogP contribution >= 0.6 is 0 Å². The number of sulfonamides is 1. The van der Waals surface area contributed by atoms with Crippen LogP contribution in [0, 0.1) is 11.8 Å². The highest BCUT2D eigenvalue weighted by atomic mass is 32.2. The van der Waals surface area contributed by atoms with Crippen molar-refractivity contribution in [1.29, 1.82) is 0 Å². The van der Waals surface area contributed by atoms with Gasteiger partial charge in [-0.25, -0.2) is 13.4 Å². The molecule has 0 atom stereocenters. The first kappa shape index (κ1) is 22.2. The van der Waals surface area contributed by atoms with E-state index in [-0.39, 0.29) is 10.8 Å². The van der Waals surface area contributed by atoms with Crippen LogP contribution in [0.1, 0.15) is 35.5 Å². The highest BCUT2D eigenvalue weighted by Gasteiger charge is 2.21. The van der Waals surface area contributed by atoms with Gasteiger partial charge in [0.1, 0.15) is 5.69 Å². The number of nitrogens with zero attached hydrogens (tertiary/aromatic N) is 2. The van der Waals surface area contributed by atoms with E-state index < -0.39 is 10.0 Å². The Morgan fingerprint density at radius 3 is 2.35 bits per heavy atom. The molecule has 6 nitrogen and oxygen atoms in total. The summed E-state index contributed by atoms with van der Waals surface area (Å²) in [6, 6.07) is 18.6. The average molecular weight is 434 g/mol. The normalized spacial score (nSPS) is 10.9. The van der Waals surface area contributed by atoms with Crippen molar-refractivity contribution in [2.24, 2.45) is 0 Å².